The number of nitrogens with one attached hydrogen (secondary N) is 1. The molecule has 1 aliphatic heterocycles. The predicted molar refractivity (Wildman–Crippen MR) is 96.9 cm³/mol. The van der Waals surface area contributed by atoms with Gasteiger partial charge in [-0.05, 0) is 36.8 Å². The van der Waals surface area contributed by atoms with Crippen molar-refractivity contribution >= 4 is 5.96 Å². The van der Waals surface area contributed by atoms with Gasteiger partial charge in [-0.15, -0.1) is 0 Å². The molecule has 1 atom stereocenters. The summed E-state index contributed by atoms with van der Waals surface area (Å²) in [6, 6.07) is 3.74. The second-order valence-electron chi connectivity index (χ2n) is 6.76. The monoisotopic (exact) mass is 353 g/mol. The van der Waals surface area contributed by atoms with E-state index in [0.717, 1.165) is 51.0 Å². The van der Waals surface area contributed by atoms with Gasteiger partial charge < -0.3 is 15.0 Å². The molecule has 1 unspecified atom stereocenters. The maximum atomic E-state index is 13.9. The summed E-state index contributed by atoms with van der Waals surface area (Å²) in [5.41, 5.74) is 0.509. The third-order valence-electron chi connectivity index (χ3n) is 4.85. The largest absolute Gasteiger partial charge is 0.381 e. The molecule has 0 saturated carbocycles. The van der Waals surface area contributed by atoms with Crippen LogP contribution in [0.2, 0.25) is 0 Å². The summed E-state index contributed by atoms with van der Waals surface area (Å²) in [6.07, 6.45) is 3.37. The molecule has 1 aliphatic rings. The molecule has 0 aliphatic carbocycles. The van der Waals surface area contributed by atoms with Crippen molar-refractivity contribution in [2.45, 2.75) is 32.1 Å². The van der Waals surface area contributed by atoms with Crippen molar-refractivity contribution in [1.29, 1.82) is 0 Å². The Labute approximate surface area is 149 Å². The lowest BCUT2D eigenvalue weighted by Gasteiger charge is -2.27. The Balaban J connectivity index is 1.82. The van der Waals surface area contributed by atoms with Crippen LogP contribution in [-0.4, -0.2) is 51.3 Å². The zero-order chi connectivity index (χ0) is 18.2. The summed E-state index contributed by atoms with van der Waals surface area (Å²) in [5.74, 6) is 0.367. The molecular formula is C19H29F2N3O. The van der Waals surface area contributed by atoms with Crippen LogP contribution in [0.25, 0.3) is 0 Å². The van der Waals surface area contributed by atoms with Crippen LogP contribution in [0.5, 0.6) is 0 Å². The number of aliphatic imine (C=N–C) groups is 1. The van der Waals surface area contributed by atoms with Gasteiger partial charge in [-0.25, -0.2) is 8.78 Å². The molecule has 1 aromatic carbocycles. The SMILES string of the molecule is CN=C(NCC(C)c1ccc(F)cc1F)N(C)CCC1CCOCC1. The zero-order valence-corrected chi connectivity index (χ0v) is 15.4. The highest BCUT2D eigenvalue weighted by Crippen LogP contribution is 2.20. The Morgan fingerprint density at radius 3 is 2.72 bits per heavy atom. The van der Waals surface area contributed by atoms with Crippen LogP contribution in [-0.2, 0) is 4.74 Å². The number of rotatable bonds is 6. The van der Waals surface area contributed by atoms with E-state index in [-0.39, 0.29) is 5.92 Å². The maximum absolute atomic E-state index is 13.9. The minimum absolute atomic E-state index is 0.0822. The quantitative estimate of drug-likeness (QED) is 0.629. The van der Waals surface area contributed by atoms with E-state index in [0.29, 0.717) is 18.0 Å². The molecule has 140 valence electrons. The first-order valence-corrected chi connectivity index (χ1v) is 8.95. The standard InChI is InChI=1S/C19H29F2N3O/c1-14(17-5-4-16(20)12-18(17)21)13-23-19(22-2)24(3)9-6-15-7-10-25-11-8-15/h4-5,12,14-15H,6-11,13H2,1-3H3,(H,22,23). The molecular weight excluding hydrogens is 324 g/mol. The summed E-state index contributed by atoms with van der Waals surface area (Å²) in [5, 5.41) is 3.29. The van der Waals surface area contributed by atoms with Crippen molar-refractivity contribution in [3.05, 3.63) is 35.4 Å². The third-order valence-corrected chi connectivity index (χ3v) is 4.85. The number of hydrogen-bond acceptors (Lipinski definition) is 2. The normalized spacial score (nSPS) is 17.4. The van der Waals surface area contributed by atoms with E-state index in [1.54, 1.807) is 7.05 Å². The Morgan fingerprint density at radius 2 is 2.08 bits per heavy atom. The zero-order valence-electron chi connectivity index (χ0n) is 15.4. The number of benzene rings is 1. The first kappa shape index (κ1) is 19.6. The van der Waals surface area contributed by atoms with E-state index in [4.69, 9.17) is 4.74 Å². The molecule has 6 heteroatoms. The molecule has 1 aromatic rings. The van der Waals surface area contributed by atoms with Crippen LogP contribution in [0.3, 0.4) is 0 Å². The summed E-state index contributed by atoms with van der Waals surface area (Å²) in [4.78, 5) is 6.41. The molecule has 0 bridgehead atoms. The molecule has 0 aromatic heterocycles. The average Bonchev–Trinajstić information content (AvgIpc) is 2.61. The molecule has 1 N–H and O–H groups in total. The van der Waals surface area contributed by atoms with Crippen molar-refractivity contribution in [2.75, 3.05) is 40.4 Å². The van der Waals surface area contributed by atoms with Gasteiger partial charge in [-0.3, -0.25) is 4.99 Å². The average molecular weight is 353 g/mol. The van der Waals surface area contributed by atoms with Crippen LogP contribution in [0.4, 0.5) is 8.78 Å². The Bertz CT molecular complexity index is 574. The third kappa shape index (κ3) is 5.96. The van der Waals surface area contributed by atoms with Crippen molar-refractivity contribution in [3.63, 3.8) is 0 Å². The van der Waals surface area contributed by atoms with Crippen molar-refractivity contribution in [1.82, 2.24) is 10.2 Å². The lowest BCUT2D eigenvalue weighted by Crippen LogP contribution is -2.41. The highest BCUT2D eigenvalue weighted by molar-refractivity contribution is 5.79. The van der Waals surface area contributed by atoms with Crippen LogP contribution >= 0.6 is 0 Å². The molecule has 0 radical (unpaired) electrons. The predicted octanol–water partition coefficient (Wildman–Crippen LogP) is 3.39. The van der Waals surface area contributed by atoms with Crippen LogP contribution in [0, 0.1) is 17.6 Å². The summed E-state index contributed by atoms with van der Waals surface area (Å²) >= 11 is 0. The van der Waals surface area contributed by atoms with Gasteiger partial charge in [0.1, 0.15) is 11.6 Å². The number of guanidine groups is 1. The first-order valence-electron chi connectivity index (χ1n) is 8.95. The van der Waals surface area contributed by atoms with E-state index >= 15 is 0 Å². The molecule has 0 amide bonds. The number of hydrogen-bond donors (Lipinski definition) is 1. The topological polar surface area (TPSA) is 36.9 Å². The lowest BCUT2D eigenvalue weighted by atomic mass is 9.96. The molecule has 1 saturated heterocycles. The first-order chi connectivity index (χ1) is 12.0. The highest BCUT2D eigenvalue weighted by Gasteiger charge is 2.17. The van der Waals surface area contributed by atoms with Gasteiger partial charge in [-0.1, -0.05) is 13.0 Å². The van der Waals surface area contributed by atoms with Crippen LogP contribution in [0.15, 0.2) is 23.2 Å². The van der Waals surface area contributed by atoms with Gasteiger partial charge in [-0.2, -0.15) is 0 Å². The van der Waals surface area contributed by atoms with Gasteiger partial charge in [0.15, 0.2) is 5.96 Å². The number of ether oxygens (including phenoxy) is 1. The minimum Gasteiger partial charge on any atom is -0.381 e. The maximum Gasteiger partial charge on any atom is 0.193 e. The van der Waals surface area contributed by atoms with Crippen molar-refractivity contribution < 1.29 is 13.5 Å². The molecule has 0 spiro atoms. The van der Waals surface area contributed by atoms with Crippen molar-refractivity contribution in [2.24, 2.45) is 10.9 Å². The summed E-state index contributed by atoms with van der Waals surface area (Å²) in [6.45, 7) is 5.10. The summed E-state index contributed by atoms with van der Waals surface area (Å²) in [7, 11) is 3.76. The van der Waals surface area contributed by atoms with Gasteiger partial charge >= 0.3 is 0 Å². The van der Waals surface area contributed by atoms with Gasteiger partial charge in [0, 0.05) is 52.4 Å². The van der Waals surface area contributed by atoms with E-state index < -0.39 is 11.6 Å². The van der Waals surface area contributed by atoms with Gasteiger partial charge in [0.25, 0.3) is 0 Å². The smallest absolute Gasteiger partial charge is 0.193 e. The molecule has 1 heterocycles. The fraction of sp³-hybridized carbons (Fsp3) is 0.632. The summed E-state index contributed by atoms with van der Waals surface area (Å²) < 4.78 is 32.3. The Hall–Kier alpha value is -1.69. The molecule has 1 fully saturated rings. The van der Waals surface area contributed by atoms with E-state index in [9.17, 15) is 8.78 Å². The second-order valence-corrected chi connectivity index (χ2v) is 6.76. The minimum atomic E-state index is -0.551. The molecule has 2 rings (SSSR count). The number of halogens is 2. The van der Waals surface area contributed by atoms with Crippen LogP contribution in [0.1, 0.15) is 37.7 Å². The molecule has 4 nitrogen and oxygen atoms in total. The van der Waals surface area contributed by atoms with E-state index in [2.05, 4.69) is 15.2 Å². The lowest BCUT2D eigenvalue weighted by molar-refractivity contribution is 0.0625. The van der Waals surface area contributed by atoms with E-state index in [1.165, 1.54) is 12.1 Å². The van der Waals surface area contributed by atoms with Crippen LogP contribution < -0.4 is 5.32 Å². The fourth-order valence-electron chi connectivity index (χ4n) is 3.16. The van der Waals surface area contributed by atoms with Gasteiger partial charge in [0.2, 0.25) is 0 Å². The van der Waals surface area contributed by atoms with Crippen molar-refractivity contribution in [3.8, 4) is 0 Å². The second kappa shape index (κ2) is 9.70. The van der Waals surface area contributed by atoms with Gasteiger partial charge in [0.05, 0.1) is 0 Å². The van der Waals surface area contributed by atoms with E-state index in [1.807, 2.05) is 14.0 Å². The number of nitrogens with zero attached hydrogens (tertiary/aromatic N) is 2. The fourth-order valence-corrected chi connectivity index (χ4v) is 3.16. The molecule has 25 heavy (non-hydrogen) atoms. The Kier molecular flexibility index (Phi) is 7.62. The Morgan fingerprint density at radius 1 is 1.36 bits per heavy atom. The highest BCUT2D eigenvalue weighted by atomic mass is 19.1.